The highest BCUT2D eigenvalue weighted by molar-refractivity contribution is 5.30. The first kappa shape index (κ1) is 15.1. The molecule has 0 spiro atoms. The fourth-order valence-electron chi connectivity index (χ4n) is 1.45. The SMILES string of the molecule is C=C/C=C(/C)C(=C)CN1CCOCC1.CC. The van der Waals surface area contributed by atoms with E-state index in [2.05, 4.69) is 25.0 Å². The monoisotopic (exact) mass is 223 g/mol. The average molecular weight is 223 g/mol. The molecular weight excluding hydrogens is 198 g/mol. The third kappa shape index (κ3) is 5.89. The maximum atomic E-state index is 5.29. The highest BCUT2D eigenvalue weighted by atomic mass is 16.5. The molecule has 92 valence electrons. The molecule has 0 bridgehead atoms. The van der Waals surface area contributed by atoms with Gasteiger partial charge in [-0.3, -0.25) is 4.90 Å². The van der Waals surface area contributed by atoms with Gasteiger partial charge in [0.05, 0.1) is 13.2 Å². The van der Waals surface area contributed by atoms with Crippen LogP contribution in [0.4, 0.5) is 0 Å². The third-order valence-electron chi connectivity index (χ3n) is 2.44. The Kier molecular flexibility index (Phi) is 8.87. The quantitative estimate of drug-likeness (QED) is 0.679. The van der Waals surface area contributed by atoms with Crippen LogP contribution in [0.1, 0.15) is 20.8 Å². The normalized spacial score (nSPS) is 17.3. The first-order chi connectivity index (χ1) is 7.74. The van der Waals surface area contributed by atoms with Gasteiger partial charge in [0.15, 0.2) is 0 Å². The van der Waals surface area contributed by atoms with Crippen LogP contribution in [0, 0.1) is 0 Å². The smallest absolute Gasteiger partial charge is 0.0594 e. The topological polar surface area (TPSA) is 12.5 Å². The van der Waals surface area contributed by atoms with Crippen LogP contribution in [-0.2, 0) is 4.74 Å². The summed E-state index contributed by atoms with van der Waals surface area (Å²) in [6.07, 6.45) is 3.81. The number of ether oxygens (including phenoxy) is 1. The van der Waals surface area contributed by atoms with E-state index in [-0.39, 0.29) is 0 Å². The van der Waals surface area contributed by atoms with Crippen LogP contribution in [-0.4, -0.2) is 37.7 Å². The standard InChI is InChI=1S/C12H19NO.C2H6/c1-4-5-11(2)12(3)10-13-6-8-14-9-7-13;1-2/h4-5H,1,3,6-10H2,2H3;1-2H3/b11-5-;. The predicted molar refractivity (Wildman–Crippen MR) is 71.7 cm³/mol. The molecule has 1 fully saturated rings. The summed E-state index contributed by atoms with van der Waals surface area (Å²) < 4.78 is 5.29. The fraction of sp³-hybridized carbons (Fsp3) is 0.571. The lowest BCUT2D eigenvalue weighted by Crippen LogP contribution is -2.37. The Morgan fingerprint density at radius 2 is 1.88 bits per heavy atom. The maximum Gasteiger partial charge on any atom is 0.0594 e. The number of nitrogens with zero attached hydrogens (tertiary/aromatic N) is 1. The van der Waals surface area contributed by atoms with Crippen LogP contribution in [0.3, 0.4) is 0 Å². The van der Waals surface area contributed by atoms with E-state index in [9.17, 15) is 0 Å². The minimum atomic E-state index is 0.845. The van der Waals surface area contributed by atoms with Crippen molar-refractivity contribution in [1.29, 1.82) is 0 Å². The molecule has 1 heterocycles. The summed E-state index contributed by atoms with van der Waals surface area (Å²) >= 11 is 0. The number of morpholine rings is 1. The van der Waals surface area contributed by atoms with Gasteiger partial charge in [0.25, 0.3) is 0 Å². The van der Waals surface area contributed by atoms with Crippen molar-refractivity contribution in [2.45, 2.75) is 20.8 Å². The molecule has 16 heavy (non-hydrogen) atoms. The summed E-state index contributed by atoms with van der Waals surface area (Å²) in [5.41, 5.74) is 2.39. The van der Waals surface area contributed by atoms with Gasteiger partial charge in [-0.15, -0.1) is 0 Å². The first-order valence-electron chi connectivity index (χ1n) is 6.01. The van der Waals surface area contributed by atoms with E-state index in [1.165, 1.54) is 11.1 Å². The molecule has 0 atom stereocenters. The van der Waals surface area contributed by atoms with Gasteiger partial charge in [-0.2, -0.15) is 0 Å². The van der Waals surface area contributed by atoms with Crippen LogP contribution in [0.2, 0.25) is 0 Å². The predicted octanol–water partition coefficient (Wildman–Crippen LogP) is 3.03. The minimum Gasteiger partial charge on any atom is -0.379 e. The maximum absolute atomic E-state index is 5.29. The molecular formula is C14H25NO. The van der Waals surface area contributed by atoms with E-state index < -0.39 is 0 Å². The molecule has 1 rings (SSSR count). The van der Waals surface area contributed by atoms with Crippen LogP contribution < -0.4 is 0 Å². The highest BCUT2D eigenvalue weighted by Crippen LogP contribution is 2.10. The van der Waals surface area contributed by atoms with E-state index >= 15 is 0 Å². The molecule has 0 N–H and O–H groups in total. The Morgan fingerprint density at radius 3 is 2.38 bits per heavy atom. The molecule has 1 saturated heterocycles. The number of allylic oxidation sites excluding steroid dienone is 2. The van der Waals surface area contributed by atoms with Gasteiger partial charge < -0.3 is 4.74 Å². The average Bonchev–Trinajstić information content (AvgIpc) is 2.33. The summed E-state index contributed by atoms with van der Waals surface area (Å²) in [5.74, 6) is 0. The molecule has 0 aliphatic carbocycles. The van der Waals surface area contributed by atoms with Crippen LogP contribution in [0.15, 0.2) is 36.5 Å². The number of rotatable bonds is 4. The molecule has 1 aliphatic rings. The number of hydrogen-bond donors (Lipinski definition) is 0. The van der Waals surface area contributed by atoms with Gasteiger partial charge in [0, 0.05) is 19.6 Å². The van der Waals surface area contributed by atoms with E-state index in [1.54, 1.807) is 6.08 Å². The second-order valence-electron chi connectivity index (χ2n) is 3.58. The second-order valence-corrected chi connectivity index (χ2v) is 3.58. The lowest BCUT2D eigenvalue weighted by atomic mass is 10.1. The molecule has 0 saturated carbocycles. The summed E-state index contributed by atoms with van der Waals surface area (Å²) in [6, 6.07) is 0. The Hall–Kier alpha value is -0.860. The van der Waals surface area contributed by atoms with Gasteiger partial charge in [-0.1, -0.05) is 39.2 Å². The lowest BCUT2D eigenvalue weighted by Gasteiger charge is -2.27. The first-order valence-corrected chi connectivity index (χ1v) is 6.01. The molecule has 0 aromatic rings. The van der Waals surface area contributed by atoms with E-state index in [4.69, 9.17) is 4.74 Å². The zero-order chi connectivity index (χ0) is 12.4. The van der Waals surface area contributed by atoms with Crippen molar-refractivity contribution < 1.29 is 4.74 Å². The molecule has 0 unspecified atom stereocenters. The Bertz CT molecular complexity index is 237. The van der Waals surface area contributed by atoms with Gasteiger partial charge in [-0.25, -0.2) is 0 Å². The number of hydrogen-bond acceptors (Lipinski definition) is 2. The zero-order valence-electron chi connectivity index (χ0n) is 11.0. The van der Waals surface area contributed by atoms with Crippen LogP contribution in [0.5, 0.6) is 0 Å². The van der Waals surface area contributed by atoms with Crippen molar-refractivity contribution in [3.63, 3.8) is 0 Å². The highest BCUT2D eigenvalue weighted by Gasteiger charge is 2.11. The van der Waals surface area contributed by atoms with Gasteiger partial charge in [-0.05, 0) is 18.1 Å². The van der Waals surface area contributed by atoms with E-state index in [1.807, 2.05) is 19.9 Å². The Labute approximate surface area is 100 Å². The largest absolute Gasteiger partial charge is 0.379 e. The van der Waals surface area contributed by atoms with Crippen molar-refractivity contribution in [1.82, 2.24) is 4.90 Å². The van der Waals surface area contributed by atoms with Gasteiger partial charge in [0.1, 0.15) is 0 Å². The van der Waals surface area contributed by atoms with Gasteiger partial charge in [0.2, 0.25) is 0 Å². The minimum absolute atomic E-state index is 0.845. The molecule has 0 aromatic carbocycles. The summed E-state index contributed by atoms with van der Waals surface area (Å²) in [7, 11) is 0. The van der Waals surface area contributed by atoms with Crippen molar-refractivity contribution in [2.75, 3.05) is 32.8 Å². The molecule has 1 aliphatic heterocycles. The van der Waals surface area contributed by atoms with Crippen molar-refractivity contribution >= 4 is 0 Å². The fourth-order valence-corrected chi connectivity index (χ4v) is 1.45. The van der Waals surface area contributed by atoms with Gasteiger partial charge >= 0.3 is 0 Å². The summed E-state index contributed by atoms with van der Waals surface area (Å²) in [4.78, 5) is 2.37. The Balaban J connectivity index is 0.00000106. The van der Waals surface area contributed by atoms with Crippen molar-refractivity contribution in [3.8, 4) is 0 Å². The van der Waals surface area contributed by atoms with Crippen molar-refractivity contribution in [2.24, 2.45) is 0 Å². The van der Waals surface area contributed by atoms with Crippen LogP contribution in [0.25, 0.3) is 0 Å². The lowest BCUT2D eigenvalue weighted by molar-refractivity contribution is 0.0425. The molecule has 2 nitrogen and oxygen atoms in total. The molecule has 0 amide bonds. The van der Waals surface area contributed by atoms with E-state index in [0.717, 1.165) is 32.8 Å². The second kappa shape index (κ2) is 9.37. The zero-order valence-corrected chi connectivity index (χ0v) is 11.0. The van der Waals surface area contributed by atoms with Crippen LogP contribution >= 0.6 is 0 Å². The van der Waals surface area contributed by atoms with E-state index in [0.29, 0.717) is 0 Å². The molecule has 0 aromatic heterocycles. The van der Waals surface area contributed by atoms with Crippen molar-refractivity contribution in [3.05, 3.63) is 36.5 Å². The Morgan fingerprint density at radius 1 is 1.31 bits per heavy atom. The molecule has 0 radical (unpaired) electrons. The summed E-state index contributed by atoms with van der Waals surface area (Å²) in [6.45, 7) is 18.5. The third-order valence-corrected chi connectivity index (χ3v) is 2.44. The summed E-state index contributed by atoms with van der Waals surface area (Å²) in [5, 5.41) is 0. The molecule has 2 heteroatoms.